The number of aromatic nitrogens is 2. The number of rotatable bonds is 3. The first kappa shape index (κ1) is 15.5. The summed E-state index contributed by atoms with van der Waals surface area (Å²) >= 11 is 0. The van der Waals surface area contributed by atoms with Crippen LogP contribution in [0, 0.1) is 6.92 Å². The lowest BCUT2D eigenvalue weighted by Crippen LogP contribution is -2.38. The monoisotopic (exact) mass is 311 g/mol. The zero-order chi connectivity index (χ0) is 16.2. The molecular formula is C18H21N3O2. The molecule has 23 heavy (non-hydrogen) atoms. The Morgan fingerprint density at radius 2 is 2.04 bits per heavy atom. The average molecular weight is 311 g/mol. The van der Waals surface area contributed by atoms with E-state index < -0.39 is 0 Å². The molecule has 3 rings (SSSR count). The smallest absolute Gasteiger partial charge is 0.241 e. The molecule has 0 N–H and O–H groups in total. The molecular weight excluding hydrogens is 290 g/mol. The highest BCUT2D eigenvalue weighted by Gasteiger charge is 2.27. The van der Waals surface area contributed by atoms with E-state index in [1.54, 1.807) is 19.3 Å². The van der Waals surface area contributed by atoms with Crippen molar-refractivity contribution in [2.75, 3.05) is 13.1 Å². The van der Waals surface area contributed by atoms with Crippen LogP contribution in [0.15, 0.2) is 36.7 Å². The van der Waals surface area contributed by atoms with Crippen molar-refractivity contribution in [1.82, 2.24) is 14.9 Å². The van der Waals surface area contributed by atoms with Crippen LogP contribution in [0.4, 0.5) is 0 Å². The van der Waals surface area contributed by atoms with Gasteiger partial charge in [0.05, 0.1) is 0 Å². The van der Waals surface area contributed by atoms with E-state index in [0.29, 0.717) is 12.4 Å². The Hall–Kier alpha value is -2.43. The highest BCUT2D eigenvalue weighted by molar-refractivity contribution is 5.73. The molecule has 1 aliphatic heterocycles. The normalized spacial score (nSPS) is 17.8. The van der Waals surface area contributed by atoms with Crippen LogP contribution in [0.5, 0.6) is 11.6 Å². The molecule has 0 radical (unpaired) electrons. The summed E-state index contributed by atoms with van der Waals surface area (Å²) in [5.41, 5.74) is 1.89. The highest BCUT2D eigenvalue weighted by atomic mass is 16.5. The number of piperidine rings is 1. The standard InChI is InChI=1S/C18H21N3O2/c1-13-6-3-4-8-16(13)23-18-17(19-9-10-20-18)15-7-5-11-21(12-15)14(2)22/h3-4,6,8-10,15H,5,7,11-12H2,1-2H3/t15-/m0/s1. The van der Waals surface area contributed by atoms with Crippen LogP contribution in [-0.2, 0) is 4.79 Å². The molecule has 5 heteroatoms. The number of carbonyl (C=O) groups is 1. The topological polar surface area (TPSA) is 55.3 Å². The molecule has 0 saturated carbocycles. The number of amides is 1. The second-order valence-electron chi connectivity index (χ2n) is 5.92. The third kappa shape index (κ3) is 3.50. The maximum absolute atomic E-state index is 11.7. The van der Waals surface area contributed by atoms with Gasteiger partial charge in [0.15, 0.2) is 0 Å². The molecule has 1 aromatic carbocycles. The summed E-state index contributed by atoms with van der Waals surface area (Å²) in [6.07, 6.45) is 5.30. The van der Waals surface area contributed by atoms with Crippen molar-refractivity contribution in [3.63, 3.8) is 0 Å². The number of carbonyl (C=O) groups excluding carboxylic acids is 1. The van der Waals surface area contributed by atoms with Crippen LogP contribution in [-0.4, -0.2) is 33.9 Å². The minimum absolute atomic E-state index is 0.111. The average Bonchev–Trinajstić information content (AvgIpc) is 2.57. The van der Waals surface area contributed by atoms with Crippen molar-refractivity contribution in [3.8, 4) is 11.6 Å². The lowest BCUT2D eigenvalue weighted by molar-refractivity contribution is -0.130. The molecule has 1 aromatic heterocycles. The lowest BCUT2D eigenvalue weighted by Gasteiger charge is -2.32. The van der Waals surface area contributed by atoms with E-state index >= 15 is 0 Å². The Bertz CT molecular complexity index is 702. The van der Waals surface area contributed by atoms with Crippen molar-refractivity contribution in [2.24, 2.45) is 0 Å². The van der Waals surface area contributed by atoms with Gasteiger partial charge in [0, 0.05) is 38.3 Å². The number of hydrogen-bond donors (Lipinski definition) is 0. The van der Waals surface area contributed by atoms with Crippen molar-refractivity contribution >= 4 is 5.91 Å². The number of aryl methyl sites for hydroxylation is 1. The number of para-hydroxylation sites is 1. The summed E-state index contributed by atoms with van der Waals surface area (Å²) in [6, 6.07) is 7.85. The van der Waals surface area contributed by atoms with E-state index in [1.807, 2.05) is 36.1 Å². The quantitative estimate of drug-likeness (QED) is 0.872. The zero-order valence-corrected chi connectivity index (χ0v) is 13.5. The van der Waals surface area contributed by atoms with Crippen molar-refractivity contribution in [3.05, 3.63) is 47.9 Å². The fourth-order valence-corrected chi connectivity index (χ4v) is 2.96. The van der Waals surface area contributed by atoms with Crippen LogP contribution >= 0.6 is 0 Å². The van der Waals surface area contributed by atoms with Gasteiger partial charge in [-0.2, -0.15) is 0 Å². The van der Waals surface area contributed by atoms with Gasteiger partial charge < -0.3 is 9.64 Å². The maximum Gasteiger partial charge on any atom is 0.241 e. The maximum atomic E-state index is 11.7. The van der Waals surface area contributed by atoms with Gasteiger partial charge in [0.2, 0.25) is 11.8 Å². The zero-order valence-electron chi connectivity index (χ0n) is 13.5. The molecule has 1 saturated heterocycles. The van der Waals surface area contributed by atoms with Gasteiger partial charge >= 0.3 is 0 Å². The molecule has 0 unspecified atom stereocenters. The Kier molecular flexibility index (Phi) is 4.55. The van der Waals surface area contributed by atoms with Gasteiger partial charge in [0.25, 0.3) is 0 Å². The van der Waals surface area contributed by atoms with Crippen molar-refractivity contribution in [1.29, 1.82) is 0 Å². The molecule has 1 fully saturated rings. The molecule has 5 nitrogen and oxygen atoms in total. The number of hydrogen-bond acceptors (Lipinski definition) is 4. The third-order valence-electron chi connectivity index (χ3n) is 4.24. The van der Waals surface area contributed by atoms with Crippen LogP contribution in [0.25, 0.3) is 0 Å². The first-order chi connectivity index (χ1) is 11.1. The third-order valence-corrected chi connectivity index (χ3v) is 4.24. The number of likely N-dealkylation sites (tertiary alicyclic amines) is 1. The summed E-state index contributed by atoms with van der Waals surface area (Å²) in [6.45, 7) is 5.12. The van der Waals surface area contributed by atoms with E-state index in [9.17, 15) is 4.79 Å². The minimum atomic E-state index is 0.111. The summed E-state index contributed by atoms with van der Waals surface area (Å²) < 4.78 is 6.01. The summed E-state index contributed by atoms with van der Waals surface area (Å²) in [5.74, 6) is 1.60. The van der Waals surface area contributed by atoms with Gasteiger partial charge in [-0.3, -0.25) is 9.78 Å². The van der Waals surface area contributed by atoms with Crippen molar-refractivity contribution < 1.29 is 9.53 Å². The van der Waals surface area contributed by atoms with Crippen LogP contribution in [0.3, 0.4) is 0 Å². The summed E-state index contributed by atoms with van der Waals surface area (Å²) in [7, 11) is 0. The van der Waals surface area contributed by atoms with E-state index in [2.05, 4.69) is 9.97 Å². The van der Waals surface area contributed by atoms with Crippen LogP contribution in [0.1, 0.15) is 36.9 Å². The van der Waals surface area contributed by atoms with E-state index in [0.717, 1.165) is 36.4 Å². The molecule has 2 heterocycles. The predicted octanol–water partition coefficient (Wildman–Crippen LogP) is 3.30. The predicted molar refractivity (Wildman–Crippen MR) is 87.5 cm³/mol. The summed E-state index contributed by atoms with van der Waals surface area (Å²) in [5, 5.41) is 0. The Morgan fingerprint density at radius 1 is 1.26 bits per heavy atom. The number of benzene rings is 1. The minimum Gasteiger partial charge on any atom is -0.437 e. The largest absolute Gasteiger partial charge is 0.437 e. The van der Waals surface area contributed by atoms with Gasteiger partial charge in [-0.05, 0) is 31.4 Å². The molecule has 1 amide bonds. The van der Waals surface area contributed by atoms with Crippen molar-refractivity contribution in [2.45, 2.75) is 32.6 Å². The van der Waals surface area contributed by atoms with E-state index in [4.69, 9.17) is 4.74 Å². The first-order valence-corrected chi connectivity index (χ1v) is 7.95. The second kappa shape index (κ2) is 6.77. The summed E-state index contributed by atoms with van der Waals surface area (Å²) in [4.78, 5) is 22.4. The van der Waals surface area contributed by atoms with Gasteiger partial charge in [-0.25, -0.2) is 4.98 Å². The fraction of sp³-hybridized carbons (Fsp3) is 0.389. The van der Waals surface area contributed by atoms with Crippen LogP contribution < -0.4 is 4.74 Å². The molecule has 0 spiro atoms. The van der Waals surface area contributed by atoms with Gasteiger partial charge in [-0.15, -0.1) is 0 Å². The van der Waals surface area contributed by atoms with Gasteiger partial charge in [0.1, 0.15) is 11.4 Å². The molecule has 0 bridgehead atoms. The fourth-order valence-electron chi connectivity index (χ4n) is 2.96. The van der Waals surface area contributed by atoms with E-state index in [-0.39, 0.29) is 11.8 Å². The molecule has 1 aliphatic rings. The second-order valence-corrected chi connectivity index (χ2v) is 5.92. The van der Waals surface area contributed by atoms with E-state index in [1.165, 1.54) is 0 Å². The highest BCUT2D eigenvalue weighted by Crippen LogP contribution is 2.33. The Labute approximate surface area is 136 Å². The lowest BCUT2D eigenvalue weighted by atomic mass is 9.94. The molecule has 2 aromatic rings. The first-order valence-electron chi connectivity index (χ1n) is 7.95. The Morgan fingerprint density at radius 3 is 2.83 bits per heavy atom. The van der Waals surface area contributed by atoms with Crippen LogP contribution in [0.2, 0.25) is 0 Å². The Balaban J connectivity index is 1.86. The number of nitrogens with zero attached hydrogens (tertiary/aromatic N) is 3. The van der Waals surface area contributed by atoms with Gasteiger partial charge in [-0.1, -0.05) is 18.2 Å². The number of ether oxygens (including phenoxy) is 1. The molecule has 0 aliphatic carbocycles. The SMILES string of the molecule is CC(=O)N1CCC[C@H](c2nccnc2Oc2ccccc2C)C1. The molecule has 1 atom stereocenters. The molecule has 120 valence electrons.